The van der Waals surface area contributed by atoms with Crippen molar-refractivity contribution in [1.29, 1.82) is 0 Å². The second kappa shape index (κ2) is 7.05. The second-order valence-corrected chi connectivity index (χ2v) is 8.39. The Morgan fingerprint density at radius 3 is 2.62 bits per heavy atom. The molecule has 0 fully saturated rings. The molecule has 2 rings (SSSR count). The quantitative estimate of drug-likeness (QED) is 0.709. The van der Waals surface area contributed by atoms with Crippen LogP contribution < -0.4 is 4.72 Å². The first-order valence-electron chi connectivity index (χ1n) is 6.13. The van der Waals surface area contributed by atoms with Crippen molar-refractivity contribution in [1.82, 2.24) is 0 Å². The predicted molar refractivity (Wildman–Crippen MR) is 92.8 cm³/mol. The number of sulfonamides is 1. The molecule has 3 nitrogen and oxygen atoms in total. The number of rotatable bonds is 5. The van der Waals surface area contributed by atoms with Crippen LogP contribution in [-0.4, -0.2) is 14.2 Å². The van der Waals surface area contributed by atoms with Gasteiger partial charge in [-0.25, -0.2) is 8.42 Å². The molecule has 0 heterocycles. The summed E-state index contributed by atoms with van der Waals surface area (Å²) in [5.74, 6) is 0.859. The van der Waals surface area contributed by atoms with Crippen LogP contribution in [0.1, 0.15) is 6.92 Å². The van der Waals surface area contributed by atoms with E-state index in [1.165, 1.54) is 6.07 Å². The number of benzene rings is 2. The van der Waals surface area contributed by atoms with Gasteiger partial charge in [-0.2, -0.15) is 0 Å². The summed E-state index contributed by atoms with van der Waals surface area (Å²) in [4.78, 5) is 0.945. The second-order valence-electron chi connectivity index (χ2n) is 4.11. The standard InChI is InChI=1S/C14H13BrClNO2S2/c1-2-20-13-6-4-3-5-12(13)17-21(18,19)14-8-7-10(15)9-11(14)16/h3-9,17H,2H2,1H3. The molecule has 1 N–H and O–H groups in total. The zero-order valence-electron chi connectivity index (χ0n) is 11.1. The zero-order chi connectivity index (χ0) is 15.5. The predicted octanol–water partition coefficient (Wildman–Crippen LogP) is 5.02. The van der Waals surface area contributed by atoms with Gasteiger partial charge in [0.15, 0.2) is 0 Å². The summed E-state index contributed by atoms with van der Waals surface area (Å²) in [6.45, 7) is 2.02. The van der Waals surface area contributed by atoms with Crippen molar-refractivity contribution in [3.63, 3.8) is 0 Å². The minimum absolute atomic E-state index is 0.0590. The molecular formula is C14H13BrClNO2S2. The van der Waals surface area contributed by atoms with Crippen LogP contribution in [0.5, 0.6) is 0 Å². The molecule has 0 saturated heterocycles. The van der Waals surface area contributed by atoms with Crippen LogP contribution in [0, 0.1) is 0 Å². The van der Waals surface area contributed by atoms with Crippen LogP contribution >= 0.6 is 39.3 Å². The van der Waals surface area contributed by atoms with Gasteiger partial charge in [-0.3, -0.25) is 4.72 Å². The lowest BCUT2D eigenvalue weighted by Crippen LogP contribution is -2.14. The molecule has 0 aliphatic rings. The highest BCUT2D eigenvalue weighted by Gasteiger charge is 2.19. The van der Waals surface area contributed by atoms with Crippen molar-refractivity contribution < 1.29 is 8.42 Å². The average Bonchev–Trinajstić information content (AvgIpc) is 2.40. The van der Waals surface area contributed by atoms with Crippen molar-refractivity contribution >= 4 is 55.0 Å². The highest BCUT2D eigenvalue weighted by Crippen LogP contribution is 2.31. The van der Waals surface area contributed by atoms with Crippen molar-refractivity contribution in [2.45, 2.75) is 16.7 Å². The Morgan fingerprint density at radius 2 is 1.95 bits per heavy atom. The lowest BCUT2D eigenvalue weighted by molar-refractivity contribution is 0.601. The number of hydrogen-bond donors (Lipinski definition) is 1. The molecule has 112 valence electrons. The van der Waals surface area contributed by atoms with Gasteiger partial charge >= 0.3 is 0 Å². The first-order chi connectivity index (χ1) is 9.94. The van der Waals surface area contributed by atoms with Crippen LogP contribution in [0.25, 0.3) is 0 Å². The van der Waals surface area contributed by atoms with E-state index in [4.69, 9.17) is 11.6 Å². The minimum Gasteiger partial charge on any atom is -0.278 e. The van der Waals surface area contributed by atoms with Gasteiger partial charge in [0.05, 0.1) is 10.7 Å². The molecule has 0 bridgehead atoms. The monoisotopic (exact) mass is 405 g/mol. The van der Waals surface area contributed by atoms with Crippen LogP contribution in [0.3, 0.4) is 0 Å². The molecular weight excluding hydrogens is 394 g/mol. The molecule has 0 radical (unpaired) electrons. The highest BCUT2D eigenvalue weighted by molar-refractivity contribution is 9.10. The zero-order valence-corrected chi connectivity index (χ0v) is 15.1. The summed E-state index contributed by atoms with van der Waals surface area (Å²) in [7, 11) is -3.72. The molecule has 2 aromatic carbocycles. The Bertz CT molecular complexity index is 750. The fraction of sp³-hybridized carbons (Fsp3) is 0.143. The topological polar surface area (TPSA) is 46.2 Å². The van der Waals surface area contributed by atoms with E-state index < -0.39 is 10.0 Å². The largest absolute Gasteiger partial charge is 0.278 e. The molecule has 0 aromatic heterocycles. The smallest absolute Gasteiger partial charge is 0.263 e. The normalized spacial score (nSPS) is 11.4. The fourth-order valence-corrected chi connectivity index (χ4v) is 4.67. The van der Waals surface area contributed by atoms with Crippen molar-refractivity contribution in [3.8, 4) is 0 Å². The molecule has 0 aliphatic carbocycles. The Labute approximate surface area is 142 Å². The molecule has 0 unspecified atom stereocenters. The van der Waals surface area contributed by atoms with E-state index in [1.54, 1.807) is 36.0 Å². The van der Waals surface area contributed by atoms with Gasteiger partial charge in [0.2, 0.25) is 0 Å². The summed E-state index contributed by atoms with van der Waals surface area (Å²) in [6.07, 6.45) is 0. The maximum atomic E-state index is 12.5. The van der Waals surface area contributed by atoms with Gasteiger partial charge in [-0.15, -0.1) is 11.8 Å². The third kappa shape index (κ3) is 4.16. The molecule has 0 amide bonds. The van der Waals surface area contributed by atoms with Crippen LogP contribution in [0.4, 0.5) is 5.69 Å². The Kier molecular flexibility index (Phi) is 5.60. The van der Waals surface area contributed by atoms with E-state index in [9.17, 15) is 8.42 Å². The summed E-state index contributed by atoms with van der Waals surface area (Å²) in [6, 6.07) is 12.0. The number of anilines is 1. The van der Waals surface area contributed by atoms with E-state index in [1.807, 2.05) is 19.1 Å². The van der Waals surface area contributed by atoms with E-state index in [0.717, 1.165) is 15.1 Å². The number of nitrogens with one attached hydrogen (secondary N) is 1. The molecule has 7 heteroatoms. The van der Waals surface area contributed by atoms with Crippen LogP contribution in [0.15, 0.2) is 56.7 Å². The SMILES string of the molecule is CCSc1ccccc1NS(=O)(=O)c1ccc(Br)cc1Cl. The van der Waals surface area contributed by atoms with E-state index in [2.05, 4.69) is 20.7 Å². The maximum Gasteiger partial charge on any atom is 0.263 e. The van der Waals surface area contributed by atoms with E-state index in [-0.39, 0.29) is 9.92 Å². The minimum atomic E-state index is -3.72. The van der Waals surface area contributed by atoms with Crippen molar-refractivity contribution in [2.24, 2.45) is 0 Å². The first kappa shape index (κ1) is 16.7. The van der Waals surface area contributed by atoms with Crippen LogP contribution in [0.2, 0.25) is 5.02 Å². The van der Waals surface area contributed by atoms with Gasteiger partial charge in [0, 0.05) is 9.37 Å². The molecule has 0 saturated carbocycles. The number of thioether (sulfide) groups is 1. The first-order valence-corrected chi connectivity index (χ1v) is 9.77. The average molecular weight is 407 g/mol. The van der Waals surface area contributed by atoms with Gasteiger partial charge in [-0.1, -0.05) is 46.6 Å². The molecule has 21 heavy (non-hydrogen) atoms. The van der Waals surface area contributed by atoms with Crippen molar-refractivity contribution in [3.05, 3.63) is 52.0 Å². The summed E-state index contributed by atoms with van der Waals surface area (Å²) in [5.41, 5.74) is 0.559. The lowest BCUT2D eigenvalue weighted by Gasteiger charge is -2.12. The van der Waals surface area contributed by atoms with E-state index in [0.29, 0.717) is 5.69 Å². The molecule has 2 aromatic rings. The summed E-state index contributed by atoms with van der Waals surface area (Å²) < 4.78 is 28.3. The lowest BCUT2D eigenvalue weighted by atomic mass is 10.3. The Balaban J connectivity index is 2.38. The van der Waals surface area contributed by atoms with Crippen molar-refractivity contribution in [2.75, 3.05) is 10.5 Å². The Hall–Kier alpha value is -0.690. The summed E-state index contributed by atoms with van der Waals surface area (Å²) >= 11 is 10.9. The molecule has 0 spiro atoms. The van der Waals surface area contributed by atoms with Crippen LogP contribution in [-0.2, 0) is 10.0 Å². The van der Waals surface area contributed by atoms with Gasteiger partial charge in [0.1, 0.15) is 4.90 Å². The number of para-hydroxylation sites is 1. The Morgan fingerprint density at radius 1 is 1.24 bits per heavy atom. The molecule has 0 atom stereocenters. The third-order valence-electron chi connectivity index (χ3n) is 2.61. The third-order valence-corrected chi connectivity index (χ3v) is 5.91. The fourth-order valence-electron chi connectivity index (χ4n) is 1.73. The van der Waals surface area contributed by atoms with Gasteiger partial charge < -0.3 is 0 Å². The van der Waals surface area contributed by atoms with Gasteiger partial charge in [0.25, 0.3) is 10.0 Å². The molecule has 0 aliphatic heterocycles. The maximum absolute atomic E-state index is 12.5. The van der Waals surface area contributed by atoms with Gasteiger partial charge in [-0.05, 0) is 36.1 Å². The summed E-state index contributed by atoms with van der Waals surface area (Å²) in [5, 5.41) is 0.178. The number of hydrogen-bond acceptors (Lipinski definition) is 3. The van der Waals surface area contributed by atoms with E-state index >= 15 is 0 Å². The highest BCUT2D eigenvalue weighted by atomic mass is 79.9. The number of halogens is 2.